The number of rotatable bonds is 3. The van der Waals surface area contributed by atoms with Crippen LogP contribution < -0.4 is 5.32 Å². The predicted octanol–water partition coefficient (Wildman–Crippen LogP) is 7.40. The molecule has 3 nitrogen and oxygen atoms in total. The summed E-state index contributed by atoms with van der Waals surface area (Å²) in [6.45, 7) is 0. The minimum absolute atomic E-state index is 0.713. The summed E-state index contributed by atoms with van der Waals surface area (Å²) >= 11 is 11.4. The number of aryl methyl sites for hydroxylation is 2. The van der Waals surface area contributed by atoms with Crippen molar-refractivity contribution in [3.63, 3.8) is 0 Å². The fourth-order valence-corrected chi connectivity index (χ4v) is 5.30. The molecule has 0 amide bonds. The molecule has 2 aromatic carbocycles. The van der Waals surface area contributed by atoms with Crippen LogP contribution in [0.3, 0.4) is 0 Å². The van der Waals surface area contributed by atoms with Gasteiger partial charge >= 0.3 is 0 Å². The SMILES string of the molecule is Clc1ccc(-c2nc(Nc3ccc(Br)cc3)c3c4c(sc3n2)CCCC4)cc1. The van der Waals surface area contributed by atoms with Crippen molar-refractivity contribution in [3.8, 4) is 11.4 Å². The highest BCUT2D eigenvalue weighted by atomic mass is 79.9. The van der Waals surface area contributed by atoms with Gasteiger partial charge < -0.3 is 5.32 Å². The normalized spacial score (nSPS) is 13.5. The molecule has 0 bridgehead atoms. The van der Waals surface area contributed by atoms with E-state index < -0.39 is 0 Å². The summed E-state index contributed by atoms with van der Waals surface area (Å²) in [4.78, 5) is 12.4. The van der Waals surface area contributed by atoms with Crippen LogP contribution >= 0.6 is 38.9 Å². The lowest BCUT2D eigenvalue weighted by atomic mass is 9.97. The Balaban J connectivity index is 1.68. The molecule has 0 spiro atoms. The van der Waals surface area contributed by atoms with Crippen LogP contribution in [0.25, 0.3) is 21.6 Å². The van der Waals surface area contributed by atoms with Gasteiger partial charge in [0.25, 0.3) is 0 Å². The smallest absolute Gasteiger partial charge is 0.163 e. The minimum Gasteiger partial charge on any atom is -0.340 e. The van der Waals surface area contributed by atoms with Crippen molar-refractivity contribution in [1.29, 1.82) is 0 Å². The van der Waals surface area contributed by atoms with E-state index in [-0.39, 0.29) is 0 Å². The molecule has 2 aromatic heterocycles. The number of nitrogens with zero attached hydrogens (tertiary/aromatic N) is 2. The Morgan fingerprint density at radius 2 is 1.68 bits per heavy atom. The Morgan fingerprint density at radius 3 is 2.46 bits per heavy atom. The van der Waals surface area contributed by atoms with Crippen LogP contribution in [0.4, 0.5) is 11.5 Å². The highest BCUT2D eigenvalue weighted by Gasteiger charge is 2.21. The molecule has 0 atom stereocenters. The predicted molar refractivity (Wildman–Crippen MR) is 122 cm³/mol. The molecule has 0 radical (unpaired) electrons. The second-order valence-electron chi connectivity index (χ2n) is 6.93. The molecule has 28 heavy (non-hydrogen) atoms. The van der Waals surface area contributed by atoms with E-state index in [9.17, 15) is 0 Å². The largest absolute Gasteiger partial charge is 0.340 e. The van der Waals surface area contributed by atoms with E-state index in [1.165, 1.54) is 28.7 Å². The fourth-order valence-electron chi connectivity index (χ4n) is 3.65. The van der Waals surface area contributed by atoms with E-state index in [2.05, 4.69) is 33.4 Å². The fraction of sp³-hybridized carbons (Fsp3) is 0.182. The summed E-state index contributed by atoms with van der Waals surface area (Å²) in [6.07, 6.45) is 4.74. The third-order valence-corrected chi connectivity index (χ3v) is 6.99. The monoisotopic (exact) mass is 469 g/mol. The van der Waals surface area contributed by atoms with Crippen molar-refractivity contribution in [2.75, 3.05) is 5.32 Å². The van der Waals surface area contributed by atoms with Crippen molar-refractivity contribution in [2.24, 2.45) is 0 Å². The summed E-state index contributed by atoms with van der Waals surface area (Å²) in [5, 5.41) is 5.43. The standard InChI is InChI=1S/C22H17BrClN3S/c23-14-7-11-16(12-8-14)25-21-19-17-3-1-2-4-18(17)28-22(19)27-20(26-21)13-5-9-15(24)10-6-13/h5-12H,1-4H2,(H,25,26,27). The number of nitrogens with one attached hydrogen (secondary N) is 1. The summed E-state index contributed by atoms with van der Waals surface area (Å²) < 4.78 is 1.06. The second kappa shape index (κ2) is 7.47. The Morgan fingerprint density at radius 1 is 0.929 bits per heavy atom. The van der Waals surface area contributed by atoms with Crippen LogP contribution in [0.1, 0.15) is 23.3 Å². The van der Waals surface area contributed by atoms with Crippen molar-refractivity contribution in [2.45, 2.75) is 25.7 Å². The Bertz CT molecular complexity index is 1150. The van der Waals surface area contributed by atoms with Crippen LogP contribution in [0.15, 0.2) is 53.0 Å². The van der Waals surface area contributed by atoms with Gasteiger partial charge in [0, 0.05) is 25.6 Å². The Kier molecular flexibility index (Phi) is 4.83. The molecule has 0 saturated carbocycles. The summed E-state index contributed by atoms with van der Waals surface area (Å²) in [5.74, 6) is 1.61. The van der Waals surface area contributed by atoms with Crippen LogP contribution in [0.2, 0.25) is 5.02 Å². The molecule has 140 valence electrons. The van der Waals surface area contributed by atoms with Gasteiger partial charge in [-0.05, 0) is 79.8 Å². The van der Waals surface area contributed by atoms with Crippen LogP contribution in [-0.2, 0) is 12.8 Å². The van der Waals surface area contributed by atoms with E-state index in [1.54, 1.807) is 0 Å². The summed E-state index contributed by atoms with van der Waals surface area (Å²) in [5.41, 5.74) is 3.41. The molecular weight excluding hydrogens is 454 g/mol. The Hall–Kier alpha value is -1.95. The third-order valence-electron chi connectivity index (χ3n) is 5.02. The van der Waals surface area contributed by atoms with Gasteiger partial charge in [0.1, 0.15) is 10.6 Å². The zero-order valence-corrected chi connectivity index (χ0v) is 18.2. The molecule has 4 aromatic rings. The van der Waals surface area contributed by atoms with Crippen molar-refractivity contribution in [1.82, 2.24) is 9.97 Å². The van der Waals surface area contributed by atoms with Gasteiger partial charge in [-0.15, -0.1) is 11.3 Å². The topological polar surface area (TPSA) is 37.8 Å². The first kappa shape index (κ1) is 18.1. The zero-order chi connectivity index (χ0) is 19.1. The lowest BCUT2D eigenvalue weighted by Gasteiger charge is -2.13. The lowest BCUT2D eigenvalue weighted by Crippen LogP contribution is -2.02. The van der Waals surface area contributed by atoms with Crippen LogP contribution in [0.5, 0.6) is 0 Å². The third kappa shape index (κ3) is 3.43. The number of benzene rings is 2. The van der Waals surface area contributed by atoms with Gasteiger partial charge in [-0.25, -0.2) is 9.97 Å². The second-order valence-corrected chi connectivity index (χ2v) is 9.36. The first-order valence-corrected chi connectivity index (χ1v) is 11.3. The van der Waals surface area contributed by atoms with Crippen molar-refractivity contribution < 1.29 is 0 Å². The number of halogens is 2. The Labute approximate surface area is 180 Å². The summed E-state index contributed by atoms with van der Waals surface area (Å²) in [6, 6.07) is 15.9. The maximum absolute atomic E-state index is 6.06. The molecule has 1 N–H and O–H groups in total. The van der Waals surface area contributed by atoms with Gasteiger partial charge in [0.15, 0.2) is 5.82 Å². The number of hydrogen-bond acceptors (Lipinski definition) is 4. The molecule has 1 aliphatic rings. The first-order chi connectivity index (χ1) is 13.7. The maximum atomic E-state index is 6.06. The first-order valence-electron chi connectivity index (χ1n) is 9.28. The van der Waals surface area contributed by atoms with Gasteiger partial charge in [0.05, 0.1) is 5.39 Å². The average molecular weight is 471 g/mol. The molecule has 2 heterocycles. The highest BCUT2D eigenvalue weighted by Crippen LogP contribution is 2.40. The molecule has 0 unspecified atom stereocenters. The lowest BCUT2D eigenvalue weighted by molar-refractivity contribution is 0.700. The molecule has 6 heteroatoms. The van der Waals surface area contributed by atoms with E-state index in [0.29, 0.717) is 5.02 Å². The highest BCUT2D eigenvalue weighted by molar-refractivity contribution is 9.10. The zero-order valence-electron chi connectivity index (χ0n) is 15.0. The molecule has 1 aliphatic carbocycles. The van der Waals surface area contributed by atoms with E-state index in [4.69, 9.17) is 21.6 Å². The molecule has 5 rings (SSSR count). The number of aromatic nitrogens is 2. The van der Waals surface area contributed by atoms with Gasteiger partial charge in [0.2, 0.25) is 0 Å². The molecule has 0 aliphatic heterocycles. The molecule has 0 fully saturated rings. The minimum atomic E-state index is 0.713. The summed E-state index contributed by atoms with van der Waals surface area (Å²) in [7, 11) is 0. The quantitative estimate of drug-likeness (QED) is 0.339. The van der Waals surface area contributed by atoms with Gasteiger partial charge in [-0.3, -0.25) is 0 Å². The number of fused-ring (bicyclic) bond motifs is 3. The number of thiophene rings is 1. The molecular formula is C22H17BrClN3S. The van der Waals surface area contributed by atoms with Gasteiger partial charge in [-0.1, -0.05) is 27.5 Å². The van der Waals surface area contributed by atoms with Crippen molar-refractivity contribution >= 4 is 60.6 Å². The number of anilines is 2. The average Bonchev–Trinajstić information content (AvgIpc) is 3.09. The van der Waals surface area contributed by atoms with Crippen LogP contribution in [-0.4, -0.2) is 9.97 Å². The van der Waals surface area contributed by atoms with E-state index in [0.717, 1.165) is 45.0 Å². The van der Waals surface area contributed by atoms with Crippen LogP contribution in [0, 0.1) is 0 Å². The van der Waals surface area contributed by atoms with E-state index >= 15 is 0 Å². The van der Waals surface area contributed by atoms with E-state index in [1.807, 2.05) is 47.7 Å². The maximum Gasteiger partial charge on any atom is 0.163 e. The number of hydrogen-bond donors (Lipinski definition) is 1. The van der Waals surface area contributed by atoms with Crippen molar-refractivity contribution in [3.05, 3.63) is 68.5 Å². The van der Waals surface area contributed by atoms with Gasteiger partial charge in [-0.2, -0.15) is 0 Å². The molecule has 0 saturated heterocycles.